The van der Waals surface area contributed by atoms with Crippen LogP contribution in [0.4, 0.5) is 14.6 Å². The molecule has 2 aliphatic heterocycles. The highest BCUT2D eigenvalue weighted by atomic mass is 31.2. The molecule has 146 valence electrons. The molecule has 2 aliphatic rings. The largest absolute Gasteiger partial charge is 0.383 e. The van der Waals surface area contributed by atoms with Crippen LogP contribution in [0.3, 0.4) is 0 Å². The first-order chi connectivity index (χ1) is 12.1. The third-order valence-electron chi connectivity index (χ3n) is 4.25. The molecule has 0 aliphatic carbocycles. The van der Waals surface area contributed by atoms with E-state index in [1.54, 1.807) is 0 Å². The number of hydrogen-bond acceptors (Lipinski definition) is 7. The summed E-state index contributed by atoms with van der Waals surface area (Å²) in [5.74, 6) is -3.46. The molecule has 0 spiro atoms. The molecule has 8 nitrogen and oxygen atoms in total. The Bertz CT molecular complexity index is 709. The van der Waals surface area contributed by atoms with Gasteiger partial charge >= 0.3 is 11.6 Å². The smallest absolute Gasteiger partial charge is 0.351 e. The van der Waals surface area contributed by atoms with Crippen molar-refractivity contribution in [2.24, 2.45) is 0 Å². The summed E-state index contributed by atoms with van der Waals surface area (Å²) in [6, 6.07) is 1.40. The standard InChI is InChI=1S/C15H23F2N4O4P/c1-8(2)21(9(3)4)26-23-7-10-12(25-26)15(16,17)13(24-10)20-6-5-11(18)19-14(20)22/h5-6,8-10,12-13H,7H2,1-4H3,(H2,18,19,22)/t10-,12-,13-,26?/m1/s1. The Balaban J connectivity index is 1.86. The Morgan fingerprint density at radius 2 is 2.04 bits per heavy atom. The number of fused-ring (bicyclic) bond motifs is 1. The van der Waals surface area contributed by atoms with Gasteiger partial charge in [-0.15, -0.1) is 0 Å². The summed E-state index contributed by atoms with van der Waals surface area (Å²) in [7, 11) is -1.65. The molecular formula is C15H23F2N4O4P. The van der Waals surface area contributed by atoms with Crippen molar-refractivity contribution in [1.29, 1.82) is 0 Å². The van der Waals surface area contributed by atoms with Gasteiger partial charge in [0.1, 0.15) is 11.9 Å². The number of anilines is 1. The van der Waals surface area contributed by atoms with Crippen LogP contribution >= 0.6 is 8.53 Å². The minimum Gasteiger partial charge on any atom is -0.383 e. The lowest BCUT2D eigenvalue weighted by Gasteiger charge is -2.41. The van der Waals surface area contributed by atoms with E-state index in [-0.39, 0.29) is 24.5 Å². The summed E-state index contributed by atoms with van der Waals surface area (Å²) >= 11 is 0. The zero-order valence-electron chi connectivity index (χ0n) is 15.0. The van der Waals surface area contributed by atoms with Gasteiger partial charge < -0.3 is 19.5 Å². The normalized spacial score (nSPS) is 31.0. The van der Waals surface area contributed by atoms with E-state index < -0.39 is 38.6 Å². The number of nitrogen functional groups attached to an aromatic ring is 1. The second-order valence-corrected chi connectivity index (χ2v) is 8.28. The van der Waals surface area contributed by atoms with Crippen molar-refractivity contribution in [2.45, 2.75) is 64.1 Å². The number of halogens is 2. The molecule has 1 aromatic rings. The van der Waals surface area contributed by atoms with E-state index in [1.807, 2.05) is 32.4 Å². The monoisotopic (exact) mass is 392 g/mol. The predicted octanol–water partition coefficient (Wildman–Crippen LogP) is 2.12. The summed E-state index contributed by atoms with van der Waals surface area (Å²) < 4.78 is 49.5. The SMILES string of the molecule is CC(C)N(C(C)C)P1OC[C@H]2O[C@@H](n3ccc(N)nc3=O)C(F)(F)[C@@H]2O1. The van der Waals surface area contributed by atoms with Crippen molar-refractivity contribution < 1.29 is 22.6 Å². The Kier molecular flexibility index (Phi) is 5.33. The first kappa shape index (κ1) is 19.6. The summed E-state index contributed by atoms with van der Waals surface area (Å²) in [5, 5.41) is 0. The maximum Gasteiger partial charge on any atom is 0.351 e. The number of alkyl halides is 2. The average molecular weight is 392 g/mol. The molecule has 0 radical (unpaired) electrons. The summed E-state index contributed by atoms with van der Waals surface area (Å²) in [6.07, 6.45) is -3.14. The molecule has 0 aromatic carbocycles. The van der Waals surface area contributed by atoms with Crippen molar-refractivity contribution >= 4 is 14.3 Å². The Morgan fingerprint density at radius 1 is 1.38 bits per heavy atom. The van der Waals surface area contributed by atoms with Crippen LogP contribution in [0, 0.1) is 0 Å². The van der Waals surface area contributed by atoms with Crippen LogP contribution in [0.25, 0.3) is 0 Å². The summed E-state index contributed by atoms with van der Waals surface area (Å²) in [4.78, 5) is 15.4. The van der Waals surface area contributed by atoms with E-state index >= 15 is 8.78 Å². The zero-order chi connectivity index (χ0) is 19.2. The fourth-order valence-electron chi connectivity index (χ4n) is 3.20. The maximum absolute atomic E-state index is 15.0. The van der Waals surface area contributed by atoms with E-state index in [2.05, 4.69) is 4.98 Å². The van der Waals surface area contributed by atoms with Crippen molar-refractivity contribution in [3.63, 3.8) is 0 Å². The van der Waals surface area contributed by atoms with E-state index in [0.29, 0.717) is 0 Å². The average Bonchev–Trinajstić information content (AvgIpc) is 2.78. The van der Waals surface area contributed by atoms with Crippen molar-refractivity contribution in [3.8, 4) is 0 Å². The second kappa shape index (κ2) is 7.09. The lowest BCUT2D eigenvalue weighted by atomic mass is 10.1. The number of ether oxygens (including phenoxy) is 1. The molecule has 0 saturated carbocycles. The molecule has 2 saturated heterocycles. The Hall–Kier alpha value is -1.19. The quantitative estimate of drug-likeness (QED) is 0.785. The van der Waals surface area contributed by atoms with Crippen LogP contribution < -0.4 is 11.4 Å². The minimum absolute atomic E-state index is 0.0322. The van der Waals surface area contributed by atoms with Gasteiger partial charge in [-0.1, -0.05) is 0 Å². The van der Waals surface area contributed by atoms with Crippen LogP contribution in [0.2, 0.25) is 0 Å². The first-order valence-electron chi connectivity index (χ1n) is 8.39. The van der Waals surface area contributed by atoms with Crippen LogP contribution in [0.5, 0.6) is 0 Å². The summed E-state index contributed by atoms with van der Waals surface area (Å²) in [6.45, 7) is 7.77. The molecule has 0 bridgehead atoms. The molecular weight excluding hydrogens is 369 g/mol. The Labute approximate surface area is 151 Å². The van der Waals surface area contributed by atoms with Crippen molar-refractivity contribution in [1.82, 2.24) is 14.2 Å². The molecule has 2 N–H and O–H groups in total. The van der Waals surface area contributed by atoms with E-state index in [9.17, 15) is 4.79 Å². The fourth-order valence-corrected chi connectivity index (χ4v) is 5.00. The van der Waals surface area contributed by atoms with Gasteiger partial charge in [0.2, 0.25) is 6.23 Å². The van der Waals surface area contributed by atoms with E-state index in [1.165, 1.54) is 6.07 Å². The van der Waals surface area contributed by atoms with Crippen molar-refractivity contribution in [2.75, 3.05) is 12.3 Å². The third kappa shape index (κ3) is 3.36. The molecule has 1 aromatic heterocycles. The number of hydrogen-bond donors (Lipinski definition) is 1. The first-order valence-corrected chi connectivity index (χ1v) is 9.52. The number of rotatable bonds is 4. The lowest BCUT2D eigenvalue weighted by Crippen LogP contribution is -2.47. The highest BCUT2D eigenvalue weighted by Crippen LogP contribution is 2.57. The van der Waals surface area contributed by atoms with Gasteiger partial charge in [-0.25, -0.2) is 9.46 Å². The Morgan fingerprint density at radius 3 is 2.62 bits per heavy atom. The molecule has 4 atom stereocenters. The van der Waals surface area contributed by atoms with Gasteiger partial charge in [-0.2, -0.15) is 13.8 Å². The third-order valence-corrected chi connectivity index (χ3v) is 6.33. The van der Waals surface area contributed by atoms with Gasteiger partial charge in [-0.3, -0.25) is 4.57 Å². The summed E-state index contributed by atoms with van der Waals surface area (Å²) in [5.41, 5.74) is 4.52. The highest BCUT2D eigenvalue weighted by molar-refractivity contribution is 7.44. The van der Waals surface area contributed by atoms with E-state index in [4.69, 9.17) is 19.5 Å². The zero-order valence-corrected chi connectivity index (χ0v) is 15.9. The van der Waals surface area contributed by atoms with E-state index in [0.717, 1.165) is 10.8 Å². The molecule has 26 heavy (non-hydrogen) atoms. The number of aromatic nitrogens is 2. The van der Waals surface area contributed by atoms with Crippen LogP contribution in [-0.2, 0) is 13.8 Å². The molecule has 11 heteroatoms. The number of nitrogens with two attached hydrogens (primary N) is 1. The maximum atomic E-state index is 15.0. The lowest BCUT2D eigenvalue weighted by molar-refractivity contribution is -0.135. The molecule has 0 amide bonds. The van der Waals surface area contributed by atoms with Gasteiger partial charge in [0.25, 0.3) is 8.53 Å². The molecule has 3 rings (SSSR count). The molecule has 1 unspecified atom stereocenters. The van der Waals surface area contributed by atoms with Crippen LogP contribution in [0.1, 0.15) is 33.9 Å². The number of nitrogens with zero attached hydrogens (tertiary/aromatic N) is 3. The van der Waals surface area contributed by atoms with Crippen molar-refractivity contribution in [3.05, 3.63) is 22.7 Å². The molecule has 3 heterocycles. The van der Waals surface area contributed by atoms with Crippen LogP contribution in [-0.4, -0.2) is 51.0 Å². The minimum atomic E-state index is -3.42. The predicted molar refractivity (Wildman–Crippen MR) is 91.6 cm³/mol. The van der Waals surface area contributed by atoms with Crippen LogP contribution in [0.15, 0.2) is 17.1 Å². The second-order valence-electron chi connectivity index (χ2n) is 6.87. The fraction of sp³-hybridized carbons (Fsp3) is 0.733. The molecule has 2 fully saturated rings. The highest BCUT2D eigenvalue weighted by Gasteiger charge is 2.64. The van der Waals surface area contributed by atoms with Gasteiger partial charge in [0, 0.05) is 18.3 Å². The van der Waals surface area contributed by atoms with Gasteiger partial charge in [0.05, 0.1) is 6.61 Å². The van der Waals surface area contributed by atoms with Gasteiger partial charge in [0.15, 0.2) is 6.10 Å². The van der Waals surface area contributed by atoms with Gasteiger partial charge in [-0.05, 0) is 33.8 Å². The topological polar surface area (TPSA) is 91.8 Å².